The van der Waals surface area contributed by atoms with Crippen molar-refractivity contribution in [3.05, 3.63) is 0 Å². The van der Waals surface area contributed by atoms with Crippen molar-refractivity contribution in [2.45, 2.75) is 103 Å². The molecule has 21 heavy (non-hydrogen) atoms. The van der Waals surface area contributed by atoms with Gasteiger partial charge in [0.1, 0.15) is 6.67 Å². The molecule has 0 amide bonds. The van der Waals surface area contributed by atoms with Gasteiger partial charge in [0, 0.05) is 6.04 Å². The van der Waals surface area contributed by atoms with Gasteiger partial charge in [0.15, 0.2) is 0 Å². The number of nitrogens with one attached hydrogen (secondary N) is 1. The molecule has 0 bridgehead atoms. The van der Waals surface area contributed by atoms with E-state index >= 15 is 0 Å². The van der Waals surface area contributed by atoms with Crippen LogP contribution >= 0.6 is 0 Å². The maximum atomic E-state index is 3.94. The summed E-state index contributed by atoms with van der Waals surface area (Å²) >= 11 is 0. The van der Waals surface area contributed by atoms with E-state index in [0.717, 1.165) is 0 Å². The Bertz CT molecular complexity index is 247. The minimum atomic E-state index is 0.545. The van der Waals surface area contributed by atoms with Gasteiger partial charge in [-0.05, 0) is 13.3 Å². The largest absolute Gasteiger partial charge is 0.220 e. The third-order valence-electron chi connectivity index (χ3n) is 4.47. The van der Waals surface area contributed by atoms with Gasteiger partial charge >= 0.3 is 0 Å². The van der Waals surface area contributed by atoms with Crippen molar-refractivity contribution in [1.29, 1.82) is 0 Å². The molecule has 4 nitrogen and oxygen atoms in total. The minimum Gasteiger partial charge on any atom is -0.220 e. The van der Waals surface area contributed by atoms with Crippen LogP contribution in [0, 0.1) is 0 Å². The van der Waals surface area contributed by atoms with Gasteiger partial charge in [0.05, 0.1) is 0 Å². The molecule has 0 aromatic rings. The Morgan fingerprint density at radius 2 is 1.38 bits per heavy atom. The van der Waals surface area contributed by atoms with E-state index in [9.17, 15) is 0 Å². The van der Waals surface area contributed by atoms with Crippen LogP contribution in [-0.2, 0) is 0 Å². The van der Waals surface area contributed by atoms with Crippen LogP contribution in [0.5, 0.6) is 0 Å². The first kappa shape index (κ1) is 18.4. The molecule has 0 saturated carbocycles. The molecule has 1 aliphatic rings. The standard InChI is InChI=1S/C17H36N4/c1-3-4-5-6-7-8-9-10-11-12-13-14-15-17(2)21-16-18-19-20-21/h17H,3-16H2,1-2H3,(H,18,20). The van der Waals surface area contributed by atoms with Crippen LogP contribution in [0.15, 0.2) is 10.3 Å². The van der Waals surface area contributed by atoms with Gasteiger partial charge in [-0.1, -0.05) is 89.2 Å². The number of hydrogen-bond acceptors (Lipinski definition) is 4. The second-order valence-corrected chi connectivity index (χ2v) is 6.48. The molecule has 124 valence electrons. The van der Waals surface area contributed by atoms with Crippen molar-refractivity contribution in [1.82, 2.24) is 10.5 Å². The Labute approximate surface area is 131 Å². The predicted molar refractivity (Wildman–Crippen MR) is 89.9 cm³/mol. The van der Waals surface area contributed by atoms with Crippen molar-refractivity contribution in [2.75, 3.05) is 6.67 Å². The fourth-order valence-electron chi connectivity index (χ4n) is 2.89. The van der Waals surface area contributed by atoms with Crippen molar-refractivity contribution >= 4 is 0 Å². The first-order valence-corrected chi connectivity index (χ1v) is 9.23. The lowest BCUT2D eigenvalue weighted by Gasteiger charge is -2.20. The van der Waals surface area contributed by atoms with Crippen molar-refractivity contribution in [2.24, 2.45) is 10.3 Å². The van der Waals surface area contributed by atoms with Crippen LogP contribution in [0.2, 0.25) is 0 Å². The van der Waals surface area contributed by atoms with Crippen LogP contribution in [0.3, 0.4) is 0 Å². The Balaban J connectivity index is 1.74. The Morgan fingerprint density at radius 3 is 1.86 bits per heavy atom. The highest BCUT2D eigenvalue weighted by Gasteiger charge is 2.15. The topological polar surface area (TPSA) is 40.0 Å². The van der Waals surface area contributed by atoms with E-state index in [0.29, 0.717) is 12.7 Å². The molecule has 1 aliphatic heterocycles. The zero-order chi connectivity index (χ0) is 15.2. The molecule has 1 heterocycles. The van der Waals surface area contributed by atoms with Gasteiger partial charge in [-0.15, -0.1) is 0 Å². The van der Waals surface area contributed by atoms with Crippen molar-refractivity contribution in [3.8, 4) is 0 Å². The van der Waals surface area contributed by atoms with Gasteiger partial charge in [0.2, 0.25) is 0 Å². The van der Waals surface area contributed by atoms with E-state index in [1.165, 1.54) is 83.5 Å². The molecule has 0 aromatic carbocycles. The molecule has 0 fully saturated rings. The third-order valence-corrected chi connectivity index (χ3v) is 4.47. The second kappa shape index (κ2) is 13.1. The van der Waals surface area contributed by atoms with Crippen LogP contribution < -0.4 is 5.53 Å². The van der Waals surface area contributed by atoms with Gasteiger partial charge in [-0.2, -0.15) is 10.1 Å². The van der Waals surface area contributed by atoms with E-state index in [1.54, 1.807) is 0 Å². The van der Waals surface area contributed by atoms with Crippen LogP contribution in [0.1, 0.15) is 97.3 Å². The SMILES string of the molecule is CCCCCCCCCCCCCCC(C)N1CN=NN1. The number of unbranched alkanes of at least 4 members (excludes halogenated alkanes) is 11. The number of hydrazine groups is 1. The molecular formula is C17H36N4. The minimum absolute atomic E-state index is 0.545. The first-order chi connectivity index (χ1) is 10.3. The van der Waals surface area contributed by atoms with Crippen LogP contribution in [-0.4, -0.2) is 17.7 Å². The highest BCUT2D eigenvalue weighted by Crippen LogP contribution is 2.14. The second-order valence-electron chi connectivity index (χ2n) is 6.48. The summed E-state index contributed by atoms with van der Waals surface area (Å²) in [6, 6.07) is 0.545. The molecule has 1 atom stereocenters. The summed E-state index contributed by atoms with van der Waals surface area (Å²) in [4.78, 5) is 0. The van der Waals surface area contributed by atoms with E-state index in [-0.39, 0.29) is 0 Å². The van der Waals surface area contributed by atoms with Crippen molar-refractivity contribution in [3.63, 3.8) is 0 Å². The summed E-state index contributed by atoms with van der Waals surface area (Å²) in [5.41, 5.74) is 2.94. The molecule has 0 radical (unpaired) electrons. The highest BCUT2D eigenvalue weighted by molar-refractivity contribution is 4.63. The zero-order valence-corrected chi connectivity index (χ0v) is 14.3. The molecule has 0 aliphatic carbocycles. The maximum Gasteiger partial charge on any atom is 0.133 e. The number of nitrogens with zero attached hydrogens (tertiary/aromatic N) is 3. The fourth-order valence-corrected chi connectivity index (χ4v) is 2.89. The van der Waals surface area contributed by atoms with Gasteiger partial charge in [0.25, 0.3) is 0 Å². The molecule has 1 N–H and O–H groups in total. The summed E-state index contributed by atoms with van der Waals surface area (Å²) in [7, 11) is 0. The Hall–Kier alpha value is -0.640. The fraction of sp³-hybridized carbons (Fsp3) is 1.00. The summed E-state index contributed by atoms with van der Waals surface area (Å²) in [6.45, 7) is 5.24. The molecule has 0 saturated heterocycles. The molecule has 0 aromatic heterocycles. The van der Waals surface area contributed by atoms with E-state index in [4.69, 9.17) is 0 Å². The lowest BCUT2D eigenvalue weighted by atomic mass is 10.0. The van der Waals surface area contributed by atoms with Gasteiger partial charge in [-0.3, -0.25) is 0 Å². The quantitative estimate of drug-likeness (QED) is 0.423. The average molecular weight is 297 g/mol. The van der Waals surface area contributed by atoms with Gasteiger partial charge < -0.3 is 0 Å². The highest BCUT2D eigenvalue weighted by atomic mass is 15.8. The first-order valence-electron chi connectivity index (χ1n) is 9.23. The smallest absolute Gasteiger partial charge is 0.133 e. The molecule has 0 spiro atoms. The predicted octanol–water partition coefficient (Wildman–Crippen LogP) is 5.61. The molecular weight excluding hydrogens is 260 g/mol. The summed E-state index contributed by atoms with van der Waals surface area (Å²) in [5.74, 6) is 0. The summed E-state index contributed by atoms with van der Waals surface area (Å²) < 4.78 is 0. The van der Waals surface area contributed by atoms with E-state index < -0.39 is 0 Å². The zero-order valence-electron chi connectivity index (χ0n) is 14.3. The monoisotopic (exact) mass is 296 g/mol. The van der Waals surface area contributed by atoms with E-state index in [2.05, 4.69) is 34.7 Å². The number of rotatable bonds is 14. The molecule has 1 rings (SSSR count). The van der Waals surface area contributed by atoms with E-state index in [1.807, 2.05) is 0 Å². The summed E-state index contributed by atoms with van der Waals surface area (Å²) in [6.07, 6.45) is 18.3. The van der Waals surface area contributed by atoms with Gasteiger partial charge in [-0.25, -0.2) is 5.53 Å². The third kappa shape index (κ3) is 9.83. The Morgan fingerprint density at radius 1 is 0.857 bits per heavy atom. The lowest BCUT2D eigenvalue weighted by Crippen LogP contribution is -2.37. The lowest BCUT2D eigenvalue weighted by molar-refractivity contribution is 0.163. The normalized spacial score (nSPS) is 16.3. The Kier molecular flexibility index (Phi) is 11.4. The summed E-state index contributed by atoms with van der Waals surface area (Å²) in [5, 5.41) is 9.84. The maximum absolute atomic E-state index is 3.94. The molecule has 1 unspecified atom stereocenters. The molecule has 4 heteroatoms. The van der Waals surface area contributed by atoms with Crippen LogP contribution in [0.25, 0.3) is 0 Å². The van der Waals surface area contributed by atoms with Crippen LogP contribution in [0.4, 0.5) is 0 Å². The number of hydrogen-bond donors (Lipinski definition) is 1. The van der Waals surface area contributed by atoms with Crippen molar-refractivity contribution < 1.29 is 0 Å². The average Bonchev–Trinajstić information content (AvgIpc) is 3.02.